The monoisotopic (exact) mass is 233 g/mol. The van der Waals surface area contributed by atoms with E-state index in [2.05, 4.69) is 17.9 Å². The van der Waals surface area contributed by atoms with E-state index in [1.807, 2.05) is 6.07 Å². The van der Waals surface area contributed by atoms with Gasteiger partial charge < -0.3 is 9.84 Å². The topological polar surface area (TPSA) is 32.7 Å². The Labute approximate surface area is 102 Å². The fourth-order valence-electron chi connectivity index (χ4n) is 3.21. The van der Waals surface area contributed by atoms with Crippen molar-refractivity contribution in [1.82, 2.24) is 4.90 Å². The first-order chi connectivity index (χ1) is 8.31. The third kappa shape index (κ3) is 1.74. The highest BCUT2D eigenvalue weighted by molar-refractivity contribution is 5.43. The van der Waals surface area contributed by atoms with Crippen LogP contribution >= 0.6 is 0 Å². The molecule has 3 heteroatoms. The van der Waals surface area contributed by atoms with Gasteiger partial charge in [0.1, 0.15) is 5.75 Å². The van der Waals surface area contributed by atoms with Gasteiger partial charge >= 0.3 is 0 Å². The maximum atomic E-state index is 9.90. The van der Waals surface area contributed by atoms with Crippen molar-refractivity contribution in [1.29, 1.82) is 0 Å². The maximum Gasteiger partial charge on any atom is 0.119 e. The van der Waals surface area contributed by atoms with Gasteiger partial charge in [-0.15, -0.1) is 0 Å². The van der Waals surface area contributed by atoms with Gasteiger partial charge in [-0.1, -0.05) is 19.1 Å². The Morgan fingerprint density at radius 1 is 1.47 bits per heavy atom. The summed E-state index contributed by atoms with van der Waals surface area (Å²) in [5, 5.41) is 9.90. The van der Waals surface area contributed by atoms with Gasteiger partial charge in [-0.25, -0.2) is 0 Å². The molecule has 17 heavy (non-hydrogen) atoms. The first-order valence-corrected chi connectivity index (χ1v) is 6.47. The fourth-order valence-corrected chi connectivity index (χ4v) is 3.21. The van der Waals surface area contributed by atoms with Crippen LogP contribution in [0.25, 0.3) is 0 Å². The lowest BCUT2D eigenvalue weighted by atomic mass is 9.83. The highest BCUT2D eigenvalue weighted by atomic mass is 16.5. The number of phenolic OH excluding ortho intramolecular Hbond substituents is 1. The Hall–Kier alpha value is -1.06. The first kappa shape index (κ1) is 11.1. The van der Waals surface area contributed by atoms with Gasteiger partial charge in [-0.05, 0) is 36.6 Å². The van der Waals surface area contributed by atoms with Crippen LogP contribution in [-0.2, 0) is 11.2 Å². The molecule has 1 N–H and O–H groups in total. The van der Waals surface area contributed by atoms with E-state index in [1.54, 1.807) is 6.07 Å². The summed E-state index contributed by atoms with van der Waals surface area (Å²) in [6.07, 6.45) is 2.20. The number of phenols is 1. The lowest BCUT2D eigenvalue weighted by Crippen LogP contribution is -2.48. The second-order valence-corrected chi connectivity index (χ2v) is 4.87. The van der Waals surface area contributed by atoms with Crippen LogP contribution in [0.2, 0.25) is 0 Å². The number of benzene rings is 1. The molecule has 1 aromatic carbocycles. The molecule has 3 nitrogen and oxygen atoms in total. The van der Waals surface area contributed by atoms with E-state index in [4.69, 9.17) is 4.74 Å². The van der Waals surface area contributed by atoms with Crippen molar-refractivity contribution in [2.75, 3.05) is 19.7 Å². The minimum absolute atomic E-state index is 0.152. The second-order valence-electron chi connectivity index (χ2n) is 4.87. The van der Waals surface area contributed by atoms with E-state index in [0.717, 1.165) is 38.1 Å². The van der Waals surface area contributed by atoms with Crippen LogP contribution < -0.4 is 0 Å². The van der Waals surface area contributed by atoms with E-state index in [1.165, 1.54) is 5.56 Å². The molecule has 1 aliphatic carbocycles. The van der Waals surface area contributed by atoms with Crippen LogP contribution in [-0.4, -0.2) is 35.7 Å². The molecule has 1 heterocycles. The number of nitrogens with zero attached hydrogens (tertiary/aromatic N) is 1. The van der Waals surface area contributed by atoms with E-state index in [9.17, 15) is 5.11 Å². The zero-order chi connectivity index (χ0) is 11.8. The molecule has 92 valence electrons. The van der Waals surface area contributed by atoms with Crippen LogP contribution in [0.3, 0.4) is 0 Å². The van der Waals surface area contributed by atoms with Crippen LogP contribution in [0.4, 0.5) is 0 Å². The molecule has 2 aliphatic rings. The summed E-state index contributed by atoms with van der Waals surface area (Å²) in [6.45, 7) is 5.12. The largest absolute Gasteiger partial charge is 0.508 e. The van der Waals surface area contributed by atoms with E-state index >= 15 is 0 Å². The van der Waals surface area contributed by atoms with Crippen molar-refractivity contribution >= 4 is 0 Å². The highest BCUT2D eigenvalue weighted by Gasteiger charge is 2.37. The summed E-state index contributed by atoms with van der Waals surface area (Å²) in [5.74, 6) is 0.429. The van der Waals surface area contributed by atoms with Gasteiger partial charge in [0.05, 0.1) is 12.7 Å². The molecule has 0 radical (unpaired) electrons. The van der Waals surface area contributed by atoms with Crippen molar-refractivity contribution in [2.24, 2.45) is 0 Å². The highest BCUT2D eigenvalue weighted by Crippen LogP contribution is 2.40. The SMILES string of the molecule is CCN1CCOC2c3cccc(O)c3CC[C@H]21. The number of likely N-dealkylation sites (N-methyl/N-ethyl adjacent to an activating group) is 1. The third-order valence-corrected chi connectivity index (χ3v) is 4.08. The summed E-state index contributed by atoms with van der Waals surface area (Å²) in [6, 6.07) is 6.29. The zero-order valence-electron chi connectivity index (χ0n) is 10.2. The molecule has 0 saturated carbocycles. The molecule has 0 aromatic heterocycles. The smallest absolute Gasteiger partial charge is 0.119 e. The van der Waals surface area contributed by atoms with E-state index in [-0.39, 0.29) is 6.10 Å². The molecule has 0 spiro atoms. The molecule has 1 aliphatic heterocycles. The Bertz CT molecular complexity index is 419. The van der Waals surface area contributed by atoms with Crippen LogP contribution in [0, 0.1) is 0 Å². The third-order valence-electron chi connectivity index (χ3n) is 4.08. The summed E-state index contributed by atoms with van der Waals surface area (Å²) < 4.78 is 5.94. The summed E-state index contributed by atoms with van der Waals surface area (Å²) in [7, 11) is 0. The minimum atomic E-state index is 0.152. The van der Waals surface area contributed by atoms with Crippen molar-refractivity contribution in [3.05, 3.63) is 29.3 Å². The Kier molecular flexibility index (Phi) is 2.81. The van der Waals surface area contributed by atoms with Gasteiger partial charge in [0.15, 0.2) is 0 Å². The van der Waals surface area contributed by atoms with Crippen molar-refractivity contribution in [3.8, 4) is 5.75 Å². The number of fused-ring (bicyclic) bond motifs is 3. The number of hydrogen-bond donors (Lipinski definition) is 1. The lowest BCUT2D eigenvalue weighted by molar-refractivity contribution is -0.0786. The van der Waals surface area contributed by atoms with E-state index < -0.39 is 0 Å². The number of morpholine rings is 1. The Balaban J connectivity index is 1.98. The van der Waals surface area contributed by atoms with Gasteiger partial charge in [0, 0.05) is 12.6 Å². The normalized spacial score (nSPS) is 28.5. The predicted molar refractivity (Wildman–Crippen MR) is 66.2 cm³/mol. The number of ether oxygens (including phenoxy) is 1. The quantitative estimate of drug-likeness (QED) is 0.806. The molecule has 1 unspecified atom stereocenters. The number of rotatable bonds is 1. The summed E-state index contributed by atoms with van der Waals surface area (Å²) in [5.41, 5.74) is 2.28. The standard InChI is InChI=1S/C14H19NO2/c1-2-15-8-9-17-14-11-4-3-5-13(16)10(11)6-7-12(14)15/h3-5,12,14,16H,2,6-9H2,1H3/t12-,14?/m1/s1. The van der Waals surface area contributed by atoms with Crippen LogP contribution in [0.1, 0.15) is 30.6 Å². The maximum absolute atomic E-state index is 9.90. The number of hydrogen-bond acceptors (Lipinski definition) is 3. The second kappa shape index (κ2) is 4.31. The molecule has 1 fully saturated rings. The van der Waals surface area contributed by atoms with Gasteiger partial charge in [-0.3, -0.25) is 4.90 Å². The molecule has 2 atom stereocenters. The molecular formula is C14H19NO2. The van der Waals surface area contributed by atoms with Crippen molar-refractivity contribution in [3.63, 3.8) is 0 Å². The van der Waals surface area contributed by atoms with Gasteiger partial charge in [-0.2, -0.15) is 0 Å². The minimum Gasteiger partial charge on any atom is -0.508 e. The first-order valence-electron chi connectivity index (χ1n) is 6.47. The number of aromatic hydroxyl groups is 1. The molecule has 1 saturated heterocycles. The molecule has 1 aromatic rings. The average molecular weight is 233 g/mol. The molecular weight excluding hydrogens is 214 g/mol. The van der Waals surface area contributed by atoms with Crippen molar-refractivity contribution < 1.29 is 9.84 Å². The summed E-state index contributed by atoms with van der Waals surface area (Å²) in [4.78, 5) is 2.50. The lowest BCUT2D eigenvalue weighted by Gasteiger charge is -2.44. The fraction of sp³-hybridized carbons (Fsp3) is 0.571. The predicted octanol–water partition coefficient (Wildman–Crippen LogP) is 2.10. The van der Waals surface area contributed by atoms with E-state index in [0.29, 0.717) is 11.8 Å². The molecule has 0 amide bonds. The zero-order valence-corrected chi connectivity index (χ0v) is 10.2. The van der Waals surface area contributed by atoms with Crippen LogP contribution in [0.5, 0.6) is 5.75 Å². The van der Waals surface area contributed by atoms with Gasteiger partial charge in [0.2, 0.25) is 0 Å². The molecule has 0 bridgehead atoms. The Morgan fingerprint density at radius 2 is 2.35 bits per heavy atom. The Morgan fingerprint density at radius 3 is 3.18 bits per heavy atom. The van der Waals surface area contributed by atoms with Crippen molar-refractivity contribution in [2.45, 2.75) is 31.9 Å². The molecule has 3 rings (SSSR count). The van der Waals surface area contributed by atoms with Crippen LogP contribution in [0.15, 0.2) is 18.2 Å². The average Bonchev–Trinajstić information content (AvgIpc) is 2.38. The van der Waals surface area contributed by atoms with Gasteiger partial charge in [0.25, 0.3) is 0 Å². The summed E-state index contributed by atoms with van der Waals surface area (Å²) >= 11 is 0.